The quantitative estimate of drug-likeness (QED) is 0.898. The van der Waals surface area contributed by atoms with Crippen molar-refractivity contribution in [2.45, 2.75) is 19.9 Å². The van der Waals surface area contributed by atoms with Crippen LogP contribution in [0.15, 0.2) is 22.7 Å². The summed E-state index contributed by atoms with van der Waals surface area (Å²) < 4.78 is 13.2. The molecule has 0 unspecified atom stereocenters. The predicted molar refractivity (Wildman–Crippen MR) is 65.5 cm³/mol. The van der Waals surface area contributed by atoms with Crippen molar-refractivity contribution in [3.63, 3.8) is 0 Å². The molecule has 0 radical (unpaired) electrons. The van der Waals surface area contributed by atoms with Gasteiger partial charge < -0.3 is 11.1 Å². The molecule has 1 amide bonds. The van der Waals surface area contributed by atoms with Gasteiger partial charge >= 0.3 is 0 Å². The highest BCUT2D eigenvalue weighted by Crippen LogP contribution is 2.20. The molecule has 0 bridgehead atoms. The Bertz CT molecular complexity index is 396. The van der Waals surface area contributed by atoms with Crippen molar-refractivity contribution in [3.05, 3.63) is 28.5 Å². The fourth-order valence-corrected chi connectivity index (χ4v) is 1.48. The van der Waals surface area contributed by atoms with Gasteiger partial charge in [0.1, 0.15) is 5.82 Å². The molecule has 0 spiro atoms. The molecule has 0 saturated carbocycles. The number of hydrogen-bond acceptors (Lipinski definition) is 2. The number of halogens is 2. The molecule has 5 heteroatoms. The van der Waals surface area contributed by atoms with Crippen LogP contribution in [0.5, 0.6) is 0 Å². The van der Waals surface area contributed by atoms with Crippen molar-refractivity contribution in [2.75, 3.05) is 5.32 Å². The van der Waals surface area contributed by atoms with Gasteiger partial charge in [-0.3, -0.25) is 4.79 Å². The third-order valence-corrected chi connectivity index (χ3v) is 2.82. The van der Waals surface area contributed by atoms with Crippen molar-refractivity contribution < 1.29 is 9.18 Å². The van der Waals surface area contributed by atoms with E-state index in [9.17, 15) is 9.18 Å². The van der Waals surface area contributed by atoms with Crippen LogP contribution < -0.4 is 11.1 Å². The Hall–Kier alpha value is -0.940. The topological polar surface area (TPSA) is 55.1 Å². The number of carbonyl (C=O) groups is 1. The Kier molecular flexibility index (Phi) is 4.44. The number of benzene rings is 1. The molecule has 3 nitrogen and oxygen atoms in total. The Morgan fingerprint density at radius 1 is 1.50 bits per heavy atom. The van der Waals surface area contributed by atoms with E-state index in [-0.39, 0.29) is 17.6 Å². The first kappa shape index (κ1) is 13.1. The lowest BCUT2D eigenvalue weighted by molar-refractivity contribution is -0.118. The van der Waals surface area contributed by atoms with Crippen molar-refractivity contribution in [1.29, 1.82) is 0 Å². The van der Waals surface area contributed by atoms with Crippen LogP contribution in [-0.4, -0.2) is 11.9 Å². The average molecular weight is 289 g/mol. The van der Waals surface area contributed by atoms with Gasteiger partial charge in [-0.05, 0) is 40.0 Å². The van der Waals surface area contributed by atoms with Crippen LogP contribution in [0.3, 0.4) is 0 Å². The summed E-state index contributed by atoms with van der Waals surface area (Å²) in [7, 11) is 0. The van der Waals surface area contributed by atoms with E-state index in [1.165, 1.54) is 18.2 Å². The molecule has 0 aliphatic carbocycles. The molecule has 1 rings (SSSR count). The van der Waals surface area contributed by atoms with Gasteiger partial charge in [-0.2, -0.15) is 0 Å². The summed E-state index contributed by atoms with van der Waals surface area (Å²) in [5.74, 6) is -0.580. The number of carbonyl (C=O) groups excluding carboxylic acids is 1. The SMILES string of the molecule is CC(C)[C@H](N)C(=O)Nc1ccc(F)c(Br)c1. The normalized spacial score (nSPS) is 12.6. The van der Waals surface area contributed by atoms with E-state index in [0.29, 0.717) is 10.2 Å². The summed E-state index contributed by atoms with van der Waals surface area (Å²) in [5.41, 5.74) is 6.20. The highest BCUT2D eigenvalue weighted by atomic mass is 79.9. The lowest BCUT2D eigenvalue weighted by Gasteiger charge is -2.15. The first-order valence-corrected chi connectivity index (χ1v) is 5.72. The summed E-state index contributed by atoms with van der Waals surface area (Å²) in [4.78, 5) is 11.6. The summed E-state index contributed by atoms with van der Waals surface area (Å²) in [5, 5.41) is 2.63. The third-order valence-electron chi connectivity index (χ3n) is 2.21. The highest BCUT2D eigenvalue weighted by molar-refractivity contribution is 9.10. The Morgan fingerprint density at radius 3 is 2.62 bits per heavy atom. The van der Waals surface area contributed by atoms with E-state index in [1.807, 2.05) is 13.8 Å². The Balaban J connectivity index is 2.74. The highest BCUT2D eigenvalue weighted by Gasteiger charge is 2.17. The molecule has 0 heterocycles. The standard InChI is InChI=1S/C11H14BrFN2O/c1-6(2)10(14)11(16)15-7-3-4-9(13)8(12)5-7/h3-6,10H,14H2,1-2H3,(H,15,16)/t10-/m0/s1. The van der Waals surface area contributed by atoms with Gasteiger partial charge in [-0.15, -0.1) is 0 Å². The smallest absolute Gasteiger partial charge is 0.241 e. The monoisotopic (exact) mass is 288 g/mol. The minimum atomic E-state index is -0.566. The molecule has 1 aromatic rings. The van der Waals surface area contributed by atoms with E-state index < -0.39 is 6.04 Å². The lowest BCUT2D eigenvalue weighted by Crippen LogP contribution is -2.39. The lowest BCUT2D eigenvalue weighted by atomic mass is 10.1. The summed E-state index contributed by atoms with van der Waals surface area (Å²) in [6.07, 6.45) is 0. The zero-order valence-electron chi connectivity index (χ0n) is 9.13. The van der Waals surface area contributed by atoms with Gasteiger partial charge in [0.2, 0.25) is 5.91 Å². The van der Waals surface area contributed by atoms with Crippen LogP contribution in [0.1, 0.15) is 13.8 Å². The maximum Gasteiger partial charge on any atom is 0.241 e. The second kappa shape index (κ2) is 5.41. The molecule has 0 aliphatic rings. The maximum atomic E-state index is 12.9. The fraction of sp³-hybridized carbons (Fsp3) is 0.364. The van der Waals surface area contributed by atoms with E-state index in [1.54, 1.807) is 0 Å². The summed E-state index contributed by atoms with van der Waals surface area (Å²) >= 11 is 3.04. The molecule has 1 aromatic carbocycles. The fourth-order valence-electron chi connectivity index (χ4n) is 1.10. The minimum absolute atomic E-state index is 0.0592. The van der Waals surface area contributed by atoms with Gasteiger partial charge in [0.15, 0.2) is 0 Å². The first-order valence-electron chi connectivity index (χ1n) is 4.93. The number of nitrogens with two attached hydrogens (primary N) is 1. The average Bonchev–Trinajstić information content (AvgIpc) is 2.22. The van der Waals surface area contributed by atoms with Crippen LogP contribution in [0.2, 0.25) is 0 Å². The molecule has 3 N–H and O–H groups in total. The molecule has 0 saturated heterocycles. The largest absolute Gasteiger partial charge is 0.325 e. The van der Waals surface area contributed by atoms with Crippen LogP contribution in [0.25, 0.3) is 0 Å². The zero-order chi connectivity index (χ0) is 12.3. The van der Waals surface area contributed by atoms with Crippen LogP contribution in [0, 0.1) is 11.7 Å². The molecule has 0 aliphatic heterocycles. The summed E-state index contributed by atoms with van der Waals surface area (Å²) in [6.45, 7) is 3.73. The number of anilines is 1. The molecule has 88 valence electrons. The van der Waals surface area contributed by atoms with Crippen LogP contribution in [0.4, 0.5) is 10.1 Å². The van der Waals surface area contributed by atoms with Gasteiger partial charge in [-0.1, -0.05) is 13.8 Å². The van der Waals surface area contributed by atoms with Crippen LogP contribution >= 0.6 is 15.9 Å². The van der Waals surface area contributed by atoms with E-state index in [2.05, 4.69) is 21.2 Å². The molecule has 0 fully saturated rings. The van der Waals surface area contributed by atoms with E-state index in [4.69, 9.17) is 5.73 Å². The second-order valence-electron chi connectivity index (χ2n) is 3.89. The van der Waals surface area contributed by atoms with Gasteiger partial charge in [0.05, 0.1) is 10.5 Å². The van der Waals surface area contributed by atoms with E-state index >= 15 is 0 Å². The van der Waals surface area contributed by atoms with Crippen molar-refractivity contribution in [1.82, 2.24) is 0 Å². The Morgan fingerprint density at radius 2 is 2.12 bits per heavy atom. The van der Waals surface area contributed by atoms with Gasteiger partial charge in [0.25, 0.3) is 0 Å². The van der Waals surface area contributed by atoms with Crippen molar-refractivity contribution >= 4 is 27.5 Å². The van der Waals surface area contributed by atoms with E-state index in [0.717, 1.165) is 0 Å². The number of hydrogen-bond donors (Lipinski definition) is 2. The van der Waals surface area contributed by atoms with Crippen LogP contribution in [-0.2, 0) is 4.79 Å². The van der Waals surface area contributed by atoms with Gasteiger partial charge in [-0.25, -0.2) is 4.39 Å². The summed E-state index contributed by atoms with van der Waals surface area (Å²) in [6, 6.07) is 3.70. The molecule has 1 atom stereocenters. The molecular weight excluding hydrogens is 275 g/mol. The first-order chi connectivity index (χ1) is 7.41. The zero-order valence-corrected chi connectivity index (χ0v) is 10.7. The third kappa shape index (κ3) is 3.28. The number of amides is 1. The maximum absolute atomic E-state index is 12.9. The minimum Gasteiger partial charge on any atom is -0.325 e. The number of rotatable bonds is 3. The second-order valence-corrected chi connectivity index (χ2v) is 4.74. The molecular formula is C11H14BrFN2O. The van der Waals surface area contributed by atoms with Crippen molar-refractivity contribution in [2.24, 2.45) is 11.7 Å². The molecule has 0 aromatic heterocycles. The van der Waals surface area contributed by atoms with Gasteiger partial charge in [0, 0.05) is 5.69 Å². The predicted octanol–water partition coefficient (Wildman–Crippen LogP) is 2.51. The molecule has 16 heavy (non-hydrogen) atoms. The Labute approximate surface area is 102 Å². The van der Waals surface area contributed by atoms with Crippen molar-refractivity contribution in [3.8, 4) is 0 Å². The number of nitrogens with one attached hydrogen (secondary N) is 1.